The lowest BCUT2D eigenvalue weighted by Crippen LogP contribution is -2.39. The van der Waals surface area contributed by atoms with Crippen molar-refractivity contribution in [3.63, 3.8) is 0 Å². The molecule has 1 rings (SSSR count). The Morgan fingerprint density at radius 1 is 1.10 bits per heavy atom. The van der Waals surface area contributed by atoms with Crippen molar-refractivity contribution in [1.29, 1.82) is 0 Å². The fourth-order valence-corrected chi connectivity index (χ4v) is 3.20. The number of aromatic nitrogens is 2. The molecule has 0 saturated carbocycles. The molecule has 0 fully saturated rings. The van der Waals surface area contributed by atoms with Gasteiger partial charge in [0.25, 0.3) is 5.91 Å². The van der Waals surface area contributed by atoms with Gasteiger partial charge in [-0.25, -0.2) is 4.98 Å². The first kappa shape index (κ1) is 26.0. The van der Waals surface area contributed by atoms with Gasteiger partial charge in [0.15, 0.2) is 0 Å². The summed E-state index contributed by atoms with van der Waals surface area (Å²) in [5, 5.41) is 3.05. The molecular weight excluding hydrogens is 382 g/mol. The van der Waals surface area contributed by atoms with Gasteiger partial charge in [-0.05, 0) is 52.7 Å². The predicted octanol–water partition coefficient (Wildman–Crippen LogP) is 2.28. The van der Waals surface area contributed by atoms with Crippen LogP contribution in [0.1, 0.15) is 62.6 Å². The van der Waals surface area contributed by atoms with Crippen molar-refractivity contribution in [3.8, 4) is 0 Å². The molecule has 0 aliphatic carbocycles. The second-order valence-electron chi connectivity index (χ2n) is 7.57. The van der Waals surface area contributed by atoms with Gasteiger partial charge in [0, 0.05) is 45.5 Å². The van der Waals surface area contributed by atoms with Crippen molar-refractivity contribution in [2.75, 3.05) is 46.4 Å². The molecular formula is C22H39N5O3. The van der Waals surface area contributed by atoms with Gasteiger partial charge in [0.05, 0.1) is 11.9 Å². The number of hydrogen-bond acceptors (Lipinski definition) is 6. The van der Waals surface area contributed by atoms with Gasteiger partial charge < -0.3 is 19.9 Å². The highest BCUT2D eigenvalue weighted by molar-refractivity contribution is 5.92. The summed E-state index contributed by atoms with van der Waals surface area (Å²) in [6.45, 7) is 12.7. The van der Waals surface area contributed by atoms with E-state index in [-0.39, 0.29) is 24.3 Å². The maximum absolute atomic E-state index is 12.8. The Morgan fingerprint density at radius 3 is 2.43 bits per heavy atom. The topological polar surface area (TPSA) is 87.7 Å². The van der Waals surface area contributed by atoms with Gasteiger partial charge in [-0.3, -0.25) is 14.6 Å². The molecule has 0 saturated heterocycles. The van der Waals surface area contributed by atoms with Gasteiger partial charge in [-0.1, -0.05) is 13.8 Å². The maximum Gasteiger partial charge on any atom is 0.274 e. The summed E-state index contributed by atoms with van der Waals surface area (Å²) in [5.74, 6) is -0.247. The van der Waals surface area contributed by atoms with Crippen LogP contribution in [0.3, 0.4) is 0 Å². The van der Waals surface area contributed by atoms with Crippen molar-refractivity contribution in [2.24, 2.45) is 0 Å². The van der Waals surface area contributed by atoms with Gasteiger partial charge in [-0.15, -0.1) is 0 Å². The van der Waals surface area contributed by atoms with Crippen LogP contribution in [0.4, 0.5) is 0 Å². The molecule has 0 aliphatic rings. The first-order chi connectivity index (χ1) is 14.4. The minimum Gasteiger partial charge on any atom is -0.385 e. The lowest BCUT2D eigenvalue weighted by molar-refractivity contribution is -0.121. The first-order valence-corrected chi connectivity index (χ1v) is 11.0. The Labute approximate surface area is 181 Å². The summed E-state index contributed by atoms with van der Waals surface area (Å²) in [6, 6.07) is 0.119. The second kappa shape index (κ2) is 14.8. The lowest BCUT2D eigenvalue weighted by atomic mass is 10.1. The van der Waals surface area contributed by atoms with E-state index in [1.165, 1.54) is 6.20 Å². The SMILES string of the molecule is CCN(CC)CCCC(C)NC(=O)CCN(CCCOC)C(=O)c1cnc(C)cn1. The van der Waals surface area contributed by atoms with Gasteiger partial charge in [0.2, 0.25) is 5.91 Å². The van der Waals surface area contributed by atoms with Gasteiger partial charge in [0.1, 0.15) is 5.69 Å². The molecule has 1 N–H and O–H groups in total. The summed E-state index contributed by atoms with van der Waals surface area (Å²) in [6.07, 6.45) is 6.02. The van der Waals surface area contributed by atoms with E-state index in [4.69, 9.17) is 4.74 Å². The van der Waals surface area contributed by atoms with Crippen LogP contribution in [-0.4, -0.2) is 84.1 Å². The first-order valence-electron chi connectivity index (χ1n) is 11.0. The van der Waals surface area contributed by atoms with E-state index < -0.39 is 0 Å². The van der Waals surface area contributed by atoms with Crippen LogP contribution in [0, 0.1) is 6.92 Å². The van der Waals surface area contributed by atoms with Crippen molar-refractivity contribution >= 4 is 11.8 Å². The average Bonchev–Trinajstić information content (AvgIpc) is 2.73. The van der Waals surface area contributed by atoms with Crippen LogP contribution < -0.4 is 5.32 Å². The highest BCUT2D eigenvalue weighted by atomic mass is 16.5. The number of aryl methyl sites for hydroxylation is 1. The van der Waals surface area contributed by atoms with Crippen LogP contribution in [0.25, 0.3) is 0 Å². The molecule has 170 valence electrons. The number of hydrogen-bond donors (Lipinski definition) is 1. The van der Waals surface area contributed by atoms with Gasteiger partial charge in [-0.2, -0.15) is 0 Å². The third kappa shape index (κ3) is 10.1. The summed E-state index contributed by atoms with van der Waals surface area (Å²) in [4.78, 5) is 37.5. The zero-order valence-electron chi connectivity index (χ0n) is 19.3. The number of carbonyl (C=O) groups is 2. The van der Waals surface area contributed by atoms with E-state index >= 15 is 0 Å². The molecule has 0 radical (unpaired) electrons. The van der Waals surface area contributed by atoms with Crippen LogP contribution in [-0.2, 0) is 9.53 Å². The Morgan fingerprint density at radius 2 is 1.83 bits per heavy atom. The molecule has 8 heteroatoms. The highest BCUT2D eigenvalue weighted by Crippen LogP contribution is 2.05. The Hall–Kier alpha value is -2.06. The van der Waals surface area contributed by atoms with Crippen molar-refractivity contribution < 1.29 is 14.3 Å². The van der Waals surface area contributed by atoms with E-state index in [0.717, 1.165) is 38.2 Å². The number of rotatable bonds is 15. The van der Waals surface area contributed by atoms with Crippen molar-refractivity contribution in [2.45, 2.75) is 59.4 Å². The van der Waals surface area contributed by atoms with E-state index in [1.54, 1.807) is 18.2 Å². The smallest absolute Gasteiger partial charge is 0.274 e. The molecule has 1 aromatic rings. The zero-order chi connectivity index (χ0) is 22.4. The molecule has 0 aliphatic heterocycles. The fraction of sp³-hybridized carbons (Fsp3) is 0.727. The Balaban J connectivity index is 2.51. The van der Waals surface area contributed by atoms with Crippen molar-refractivity contribution in [1.82, 2.24) is 25.1 Å². The Kier molecular flexibility index (Phi) is 12.9. The van der Waals surface area contributed by atoms with Crippen LogP contribution >= 0.6 is 0 Å². The average molecular weight is 422 g/mol. The summed E-state index contributed by atoms with van der Waals surface area (Å²) >= 11 is 0. The van der Waals surface area contributed by atoms with Crippen LogP contribution in [0.15, 0.2) is 12.4 Å². The molecule has 30 heavy (non-hydrogen) atoms. The Bertz CT molecular complexity index is 620. The predicted molar refractivity (Wildman–Crippen MR) is 118 cm³/mol. The molecule has 1 atom stereocenters. The quantitative estimate of drug-likeness (QED) is 0.437. The monoisotopic (exact) mass is 421 g/mol. The van der Waals surface area contributed by atoms with E-state index in [9.17, 15) is 9.59 Å². The fourth-order valence-electron chi connectivity index (χ4n) is 3.20. The molecule has 1 heterocycles. The molecule has 8 nitrogen and oxygen atoms in total. The largest absolute Gasteiger partial charge is 0.385 e. The number of amides is 2. The lowest BCUT2D eigenvalue weighted by Gasteiger charge is -2.23. The van der Waals surface area contributed by atoms with E-state index in [1.807, 2.05) is 13.8 Å². The second-order valence-corrected chi connectivity index (χ2v) is 7.57. The number of carbonyl (C=O) groups excluding carboxylic acids is 2. The summed E-state index contributed by atoms with van der Waals surface area (Å²) in [5.41, 5.74) is 1.05. The number of methoxy groups -OCH3 is 1. The number of nitrogens with one attached hydrogen (secondary N) is 1. The van der Waals surface area contributed by atoms with E-state index in [2.05, 4.69) is 34.0 Å². The minimum atomic E-state index is -0.210. The molecule has 0 spiro atoms. The molecule has 0 bridgehead atoms. The molecule has 0 aromatic carbocycles. The van der Waals surface area contributed by atoms with Crippen molar-refractivity contribution in [3.05, 3.63) is 23.8 Å². The van der Waals surface area contributed by atoms with E-state index in [0.29, 0.717) is 31.8 Å². The summed E-state index contributed by atoms with van der Waals surface area (Å²) < 4.78 is 5.09. The normalized spacial score (nSPS) is 12.1. The number of ether oxygens (including phenoxy) is 1. The van der Waals surface area contributed by atoms with Crippen LogP contribution in [0.2, 0.25) is 0 Å². The zero-order valence-corrected chi connectivity index (χ0v) is 19.3. The molecule has 1 aromatic heterocycles. The van der Waals surface area contributed by atoms with Gasteiger partial charge >= 0.3 is 0 Å². The third-order valence-corrected chi connectivity index (χ3v) is 5.09. The molecule has 1 unspecified atom stereocenters. The summed E-state index contributed by atoms with van der Waals surface area (Å²) in [7, 11) is 1.63. The maximum atomic E-state index is 12.8. The third-order valence-electron chi connectivity index (χ3n) is 5.09. The standard InChI is InChI=1S/C22H39N5O3/c1-6-26(7-2)12-8-10-18(3)25-21(28)11-14-27(13-9-15-30-5)22(29)20-17-23-19(4)16-24-20/h16-18H,6-15H2,1-5H3,(H,25,28). The minimum absolute atomic E-state index is 0.0372. The molecule has 2 amide bonds. The van der Waals surface area contributed by atoms with Crippen LogP contribution in [0.5, 0.6) is 0 Å². The number of nitrogens with zero attached hydrogens (tertiary/aromatic N) is 4. The highest BCUT2D eigenvalue weighted by Gasteiger charge is 2.19.